The van der Waals surface area contributed by atoms with Crippen molar-refractivity contribution in [3.05, 3.63) is 48.0 Å². The molecule has 102 valence electrons. The molecule has 2 aromatic carbocycles. The molecule has 0 fully saturated rings. The van der Waals surface area contributed by atoms with Crippen molar-refractivity contribution in [3.63, 3.8) is 0 Å². The minimum absolute atomic E-state index is 0.00774. The zero-order chi connectivity index (χ0) is 14.3. The fourth-order valence-electron chi connectivity index (χ4n) is 2.56. The molecular formula is C17H18O2P+. The molecule has 3 rings (SSSR count). The Kier molecular flexibility index (Phi) is 3.14. The summed E-state index contributed by atoms with van der Waals surface area (Å²) in [6.45, 7) is 6.55. The van der Waals surface area contributed by atoms with Crippen LogP contribution in [-0.2, 0) is 9.98 Å². The van der Waals surface area contributed by atoms with Crippen LogP contribution >= 0.6 is 7.65 Å². The summed E-state index contributed by atoms with van der Waals surface area (Å²) in [6, 6.07) is 14.0. The van der Waals surface area contributed by atoms with Crippen molar-refractivity contribution in [1.82, 2.24) is 0 Å². The van der Waals surface area contributed by atoms with Crippen LogP contribution in [0.3, 0.4) is 0 Å². The van der Waals surface area contributed by atoms with Crippen LogP contribution in [-0.4, -0.2) is 0 Å². The predicted molar refractivity (Wildman–Crippen MR) is 84.6 cm³/mol. The van der Waals surface area contributed by atoms with Gasteiger partial charge in [0.05, 0.1) is 0 Å². The van der Waals surface area contributed by atoms with Crippen LogP contribution in [0.1, 0.15) is 32.8 Å². The van der Waals surface area contributed by atoms with Crippen molar-refractivity contribution in [1.29, 1.82) is 0 Å². The molecule has 1 atom stereocenters. The Morgan fingerprint density at radius 1 is 1.05 bits per heavy atom. The molecule has 0 radical (unpaired) electrons. The molecule has 1 aromatic heterocycles. The van der Waals surface area contributed by atoms with Crippen LogP contribution in [0, 0.1) is 0 Å². The van der Waals surface area contributed by atoms with Crippen LogP contribution in [0.25, 0.3) is 21.5 Å². The number of rotatable bonds is 2. The molecule has 0 bridgehead atoms. The van der Waals surface area contributed by atoms with Crippen molar-refractivity contribution in [2.24, 2.45) is 0 Å². The van der Waals surface area contributed by atoms with E-state index in [1.165, 1.54) is 0 Å². The lowest BCUT2D eigenvalue weighted by Crippen LogP contribution is -2.15. The van der Waals surface area contributed by atoms with Gasteiger partial charge in [-0.1, -0.05) is 51.1 Å². The van der Waals surface area contributed by atoms with E-state index in [9.17, 15) is 4.57 Å². The van der Waals surface area contributed by atoms with E-state index < -0.39 is 7.65 Å². The number of benzene rings is 2. The van der Waals surface area contributed by atoms with E-state index in [0.717, 1.165) is 33.5 Å². The lowest BCUT2D eigenvalue weighted by atomic mass is 9.81. The largest absolute Gasteiger partial charge is 0.597 e. The van der Waals surface area contributed by atoms with Crippen molar-refractivity contribution in [3.8, 4) is 0 Å². The second kappa shape index (κ2) is 4.71. The highest BCUT2D eigenvalue weighted by molar-refractivity contribution is 7.37. The van der Waals surface area contributed by atoms with Crippen molar-refractivity contribution < 1.29 is 8.76 Å². The highest BCUT2D eigenvalue weighted by Gasteiger charge is 2.25. The molecular weight excluding hydrogens is 267 g/mol. The van der Waals surface area contributed by atoms with Gasteiger partial charge in [0.1, 0.15) is 0 Å². The summed E-state index contributed by atoms with van der Waals surface area (Å²) < 4.78 is 18.1. The summed E-state index contributed by atoms with van der Waals surface area (Å²) in [7, 11) is -1.81. The average Bonchev–Trinajstić information content (AvgIpc) is 2.47. The van der Waals surface area contributed by atoms with Gasteiger partial charge < -0.3 is 0 Å². The van der Waals surface area contributed by atoms with E-state index in [0.29, 0.717) is 0 Å². The number of hydrogen-bond donors (Lipinski definition) is 0. The Balaban J connectivity index is 2.51. The third kappa shape index (κ3) is 1.96. The topological polar surface area (TPSA) is 30.2 Å². The van der Waals surface area contributed by atoms with E-state index in [1.54, 1.807) is 0 Å². The molecule has 3 heteroatoms. The minimum atomic E-state index is -1.81. The van der Waals surface area contributed by atoms with Gasteiger partial charge in [-0.25, -0.2) is 4.20 Å². The first-order valence-electron chi connectivity index (χ1n) is 6.92. The van der Waals surface area contributed by atoms with Gasteiger partial charge in [-0.15, -0.1) is 0 Å². The van der Waals surface area contributed by atoms with Crippen molar-refractivity contribution >= 4 is 29.1 Å². The van der Waals surface area contributed by atoms with Crippen LogP contribution < -0.4 is 0 Å². The Hall–Kier alpha value is -1.66. The second-order valence-electron chi connectivity index (χ2n) is 5.79. The molecule has 0 aliphatic rings. The maximum absolute atomic E-state index is 12.3. The maximum atomic E-state index is 12.3. The first kappa shape index (κ1) is 13.3. The maximum Gasteiger partial charge on any atom is 0.597 e. The summed E-state index contributed by atoms with van der Waals surface area (Å²) in [5.41, 5.74) is 1.93. The fourth-order valence-corrected chi connectivity index (χ4v) is 3.62. The third-order valence-electron chi connectivity index (χ3n) is 4.19. The Labute approximate surface area is 119 Å². The summed E-state index contributed by atoms with van der Waals surface area (Å²) in [5, 5.41) is 2.87. The molecule has 1 heterocycles. The summed E-state index contributed by atoms with van der Waals surface area (Å²) in [4.78, 5) is 0. The zero-order valence-electron chi connectivity index (χ0n) is 12.0. The third-order valence-corrected chi connectivity index (χ3v) is 5.32. The van der Waals surface area contributed by atoms with E-state index in [-0.39, 0.29) is 5.41 Å². The monoisotopic (exact) mass is 285 g/mol. The number of para-hydroxylation sites is 1. The number of hydrogen-bond acceptors (Lipinski definition) is 2. The van der Waals surface area contributed by atoms with Gasteiger partial charge >= 0.3 is 7.65 Å². The van der Waals surface area contributed by atoms with E-state index >= 15 is 0 Å². The van der Waals surface area contributed by atoms with Crippen LogP contribution in [0.15, 0.2) is 46.7 Å². The highest BCUT2D eigenvalue weighted by Crippen LogP contribution is 2.40. The van der Waals surface area contributed by atoms with Gasteiger partial charge in [0.2, 0.25) is 5.12 Å². The van der Waals surface area contributed by atoms with E-state index in [1.807, 2.05) is 30.3 Å². The van der Waals surface area contributed by atoms with Crippen LogP contribution in [0.5, 0.6) is 0 Å². The van der Waals surface area contributed by atoms with Gasteiger partial charge in [0, 0.05) is 16.3 Å². The summed E-state index contributed by atoms with van der Waals surface area (Å²) in [5.74, 6) is 0. The van der Waals surface area contributed by atoms with Crippen molar-refractivity contribution in [2.45, 2.75) is 32.6 Å². The summed E-state index contributed by atoms with van der Waals surface area (Å²) in [6.07, 6.45) is 1.01. The molecule has 3 aromatic rings. The van der Waals surface area contributed by atoms with E-state index in [2.05, 4.69) is 32.9 Å². The minimum Gasteiger partial charge on any atom is -0.249 e. The summed E-state index contributed by atoms with van der Waals surface area (Å²) >= 11 is 0. The smallest absolute Gasteiger partial charge is 0.249 e. The predicted octanol–water partition coefficient (Wildman–Crippen LogP) is 6.02. The molecule has 0 N–H and O–H groups in total. The van der Waals surface area contributed by atoms with Gasteiger partial charge in [-0.05, 0) is 28.5 Å². The molecule has 0 amide bonds. The average molecular weight is 285 g/mol. The van der Waals surface area contributed by atoms with Gasteiger partial charge in [-0.2, -0.15) is 0 Å². The Morgan fingerprint density at radius 3 is 2.50 bits per heavy atom. The lowest BCUT2D eigenvalue weighted by Gasteiger charge is -2.23. The zero-order valence-corrected chi connectivity index (χ0v) is 12.9. The van der Waals surface area contributed by atoms with Crippen LogP contribution in [0.4, 0.5) is 0 Å². The molecule has 0 saturated carbocycles. The molecule has 2 nitrogen and oxygen atoms in total. The SMILES string of the molecule is CCC(C)(C)c1cccc2c1o[p+](=O)c1ccccc21. The fraction of sp³-hybridized carbons (Fsp3) is 0.294. The standard InChI is InChI=1S/C17H18O2P/c1-4-17(2,3)14-10-7-9-13-12-8-5-6-11-15(12)20(18)19-16(13)14/h5-11H,4H2,1-3H3/q+1. The van der Waals surface area contributed by atoms with Gasteiger partial charge in [0.15, 0.2) is 5.58 Å². The van der Waals surface area contributed by atoms with E-state index in [4.69, 9.17) is 4.20 Å². The quantitative estimate of drug-likeness (QED) is 0.539. The second-order valence-corrected chi connectivity index (χ2v) is 6.96. The van der Waals surface area contributed by atoms with Gasteiger partial charge in [-0.3, -0.25) is 0 Å². The molecule has 20 heavy (non-hydrogen) atoms. The Bertz CT molecular complexity index is 846. The molecule has 0 aliphatic heterocycles. The molecule has 0 aliphatic carbocycles. The molecule has 0 saturated heterocycles. The lowest BCUT2D eigenvalue weighted by molar-refractivity contribution is 0.500. The van der Waals surface area contributed by atoms with Gasteiger partial charge in [0.25, 0.3) is 0 Å². The molecule has 1 unspecified atom stereocenters. The first-order chi connectivity index (χ1) is 9.54. The normalized spacial score (nSPS) is 13.1. The van der Waals surface area contributed by atoms with Crippen molar-refractivity contribution in [2.75, 3.05) is 0 Å². The Morgan fingerprint density at radius 2 is 1.75 bits per heavy atom. The molecule has 0 spiro atoms. The van der Waals surface area contributed by atoms with Crippen LogP contribution in [0.2, 0.25) is 0 Å². The first-order valence-corrected chi connectivity index (χ1v) is 8.10. The number of fused-ring (bicyclic) bond motifs is 3. The highest BCUT2D eigenvalue weighted by atomic mass is 31.1.